The van der Waals surface area contributed by atoms with Crippen LogP contribution in [0.15, 0.2) is 53.0 Å². The van der Waals surface area contributed by atoms with Crippen molar-refractivity contribution in [2.24, 2.45) is 0 Å². The molecule has 0 bridgehead atoms. The van der Waals surface area contributed by atoms with E-state index in [2.05, 4.69) is 26.0 Å². The molecule has 1 N–H and O–H groups in total. The molecule has 0 radical (unpaired) electrons. The Hall–Kier alpha value is -2.14. The lowest BCUT2D eigenvalue weighted by molar-refractivity contribution is 0.0600. The highest BCUT2D eigenvalue weighted by atomic mass is 79.9. The van der Waals surface area contributed by atoms with Gasteiger partial charge >= 0.3 is 5.97 Å². The fourth-order valence-corrected chi connectivity index (χ4v) is 2.26. The van der Waals surface area contributed by atoms with Crippen LogP contribution < -0.4 is 5.32 Å². The summed E-state index contributed by atoms with van der Waals surface area (Å²) in [4.78, 5) is 23.4. The number of hydrogen-bond donors (Lipinski definition) is 1. The van der Waals surface area contributed by atoms with E-state index in [-0.39, 0.29) is 11.9 Å². The fourth-order valence-electron chi connectivity index (χ4n) is 1.80. The van der Waals surface area contributed by atoms with Gasteiger partial charge in [-0.2, -0.15) is 0 Å². The molecule has 0 atom stereocenters. The van der Waals surface area contributed by atoms with Crippen molar-refractivity contribution < 1.29 is 14.3 Å². The molecule has 0 aliphatic rings. The number of rotatable bonds is 4. The fraction of sp³-hybridized carbons (Fsp3) is 0.125. The molecule has 2 rings (SSSR count). The molecule has 0 fully saturated rings. The molecule has 0 saturated carbocycles. The van der Waals surface area contributed by atoms with Crippen molar-refractivity contribution >= 4 is 27.8 Å². The molecule has 0 aliphatic carbocycles. The van der Waals surface area contributed by atoms with Crippen LogP contribution in [0.1, 0.15) is 26.3 Å². The smallest absolute Gasteiger partial charge is 0.337 e. The van der Waals surface area contributed by atoms with Crippen molar-refractivity contribution in [1.29, 1.82) is 0 Å². The Morgan fingerprint density at radius 3 is 2.38 bits per heavy atom. The van der Waals surface area contributed by atoms with E-state index < -0.39 is 0 Å². The van der Waals surface area contributed by atoms with Crippen molar-refractivity contribution in [3.05, 3.63) is 69.7 Å². The summed E-state index contributed by atoms with van der Waals surface area (Å²) >= 11 is 3.34. The number of carbonyl (C=O) groups excluding carboxylic acids is 2. The molecule has 0 spiro atoms. The van der Waals surface area contributed by atoms with E-state index in [1.807, 2.05) is 18.2 Å². The Bertz CT molecular complexity index is 653. The van der Waals surface area contributed by atoms with Gasteiger partial charge in [-0.25, -0.2) is 4.79 Å². The second kappa shape index (κ2) is 7.04. The summed E-state index contributed by atoms with van der Waals surface area (Å²) in [6.07, 6.45) is 0. The first-order chi connectivity index (χ1) is 10.1. The van der Waals surface area contributed by atoms with E-state index in [4.69, 9.17) is 0 Å². The van der Waals surface area contributed by atoms with Crippen LogP contribution in [0.5, 0.6) is 0 Å². The molecule has 1 amide bonds. The third kappa shape index (κ3) is 3.92. The Kier molecular flexibility index (Phi) is 5.11. The first-order valence-electron chi connectivity index (χ1n) is 6.32. The molecular weight excluding hydrogens is 334 g/mol. The highest BCUT2D eigenvalue weighted by Crippen LogP contribution is 2.15. The third-order valence-corrected chi connectivity index (χ3v) is 3.64. The second-order valence-electron chi connectivity index (χ2n) is 4.35. The number of methoxy groups -OCH3 is 1. The molecule has 21 heavy (non-hydrogen) atoms. The molecule has 5 heteroatoms. The van der Waals surface area contributed by atoms with E-state index in [1.54, 1.807) is 30.3 Å². The summed E-state index contributed by atoms with van der Waals surface area (Å²) in [5.74, 6) is -0.529. The molecule has 0 aliphatic heterocycles. The van der Waals surface area contributed by atoms with Crippen LogP contribution >= 0.6 is 15.9 Å². The summed E-state index contributed by atoms with van der Waals surface area (Å²) in [6, 6.07) is 14.1. The van der Waals surface area contributed by atoms with Crippen LogP contribution in [0.4, 0.5) is 0 Å². The Balaban J connectivity index is 1.99. The number of hydrogen-bond acceptors (Lipinski definition) is 3. The average Bonchev–Trinajstić information content (AvgIpc) is 2.52. The van der Waals surface area contributed by atoms with Crippen LogP contribution in [0, 0.1) is 0 Å². The van der Waals surface area contributed by atoms with Gasteiger partial charge in [-0.15, -0.1) is 0 Å². The maximum absolute atomic E-state index is 12.0. The van der Waals surface area contributed by atoms with Gasteiger partial charge in [0.15, 0.2) is 0 Å². The predicted octanol–water partition coefficient (Wildman–Crippen LogP) is 3.17. The van der Waals surface area contributed by atoms with Crippen LogP contribution in [-0.4, -0.2) is 19.0 Å². The summed E-state index contributed by atoms with van der Waals surface area (Å²) in [5, 5.41) is 2.83. The van der Waals surface area contributed by atoms with Crippen molar-refractivity contribution in [2.45, 2.75) is 6.54 Å². The number of benzene rings is 2. The number of esters is 1. The lowest BCUT2D eigenvalue weighted by Crippen LogP contribution is -2.23. The van der Waals surface area contributed by atoms with Gasteiger partial charge in [-0.3, -0.25) is 4.79 Å². The van der Waals surface area contributed by atoms with E-state index in [0.29, 0.717) is 17.7 Å². The molecule has 2 aromatic carbocycles. The van der Waals surface area contributed by atoms with Crippen LogP contribution in [0.2, 0.25) is 0 Å². The minimum absolute atomic E-state index is 0.153. The monoisotopic (exact) mass is 347 g/mol. The Morgan fingerprint density at radius 1 is 1.10 bits per heavy atom. The highest BCUT2D eigenvalue weighted by molar-refractivity contribution is 9.10. The van der Waals surface area contributed by atoms with E-state index in [0.717, 1.165) is 10.0 Å². The second-order valence-corrected chi connectivity index (χ2v) is 5.21. The van der Waals surface area contributed by atoms with Gasteiger partial charge in [0.2, 0.25) is 0 Å². The minimum atomic E-state index is -0.376. The van der Waals surface area contributed by atoms with E-state index in [9.17, 15) is 9.59 Å². The van der Waals surface area contributed by atoms with Crippen LogP contribution in [0.3, 0.4) is 0 Å². The zero-order valence-electron chi connectivity index (χ0n) is 11.4. The number of carbonyl (C=O) groups is 2. The molecule has 0 aromatic heterocycles. The molecule has 4 nitrogen and oxygen atoms in total. The van der Waals surface area contributed by atoms with E-state index in [1.165, 1.54) is 7.11 Å². The quantitative estimate of drug-likeness (QED) is 0.864. The van der Waals surface area contributed by atoms with Crippen molar-refractivity contribution in [1.82, 2.24) is 5.32 Å². The van der Waals surface area contributed by atoms with Gasteiger partial charge in [0.05, 0.1) is 18.2 Å². The molecule has 2 aromatic rings. The van der Waals surface area contributed by atoms with Crippen molar-refractivity contribution in [3.63, 3.8) is 0 Å². The number of ether oxygens (including phenoxy) is 1. The summed E-state index contributed by atoms with van der Waals surface area (Å²) in [7, 11) is 1.34. The number of nitrogens with one attached hydrogen (secondary N) is 1. The zero-order chi connectivity index (χ0) is 15.2. The molecule has 108 valence electrons. The molecule has 0 saturated heterocycles. The van der Waals surface area contributed by atoms with Gasteiger partial charge in [-0.05, 0) is 45.8 Å². The maximum Gasteiger partial charge on any atom is 0.337 e. The van der Waals surface area contributed by atoms with Crippen molar-refractivity contribution in [2.75, 3.05) is 7.11 Å². The molecular formula is C16H14BrNO3. The average molecular weight is 348 g/mol. The minimum Gasteiger partial charge on any atom is -0.465 e. The maximum atomic E-state index is 12.0. The topological polar surface area (TPSA) is 55.4 Å². The van der Waals surface area contributed by atoms with E-state index >= 15 is 0 Å². The standard InChI is InChI=1S/C16H14BrNO3/c1-21-16(20)12-8-6-11(7-9-12)10-18-15(19)13-4-2-3-5-14(13)17/h2-9H,10H2,1H3,(H,18,19). The Labute approximate surface area is 131 Å². The van der Waals surface area contributed by atoms with Gasteiger partial charge in [-0.1, -0.05) is 24.3 Å². The van der Waals surface area contributed by atoms with Crippen molar-refractivity contribution in [3.8, 4) is 0 Å². The SMILES string of the molecule is COC(=O)c1ccc(CNC(=O)c2ccccc2Br)cc1. The Morgan fingerprint density at radius 2 is 1.76 bits per heavy atom. The van der Waals surface area contributed by atoms with Gasteiger partial charge in [0.25, 0.3) is 5.91 Å². The predicted molar refractivity (Wildman–Crippen MR) is 83.1 cm³/mol. The highest BCUT2D eigenvalue weighted by Gasteiger charge is 2.09. The lowest BCUT2D eigenvalue weighted by atomic mass is 10.1. The van der Waals surface area contributed by atoms with Crippen LogP contribution in [-0.2, 0) is 11.3 Å². The normalized spacial score (nSPS) is 10.0. The summed E-state index contributed by atoms with van der Waals surface area (Å²) in [6.45, 7) is 0.390. The first-order valence-corrected chi connectivity index (χ1v) is 7.11. The third-order valence-electron chi connectivity index (χ3n) is 2.95. The number of amides is 1. The van der Waals surface area contributed by atoms with Gasteiger partial charge < -0.3 is 10.1 Å². The summed E-state index contributed by atoms with van der Waals surface area (Å²) < 4.78 is 5.38. The lowest BCUT2D eigenvalue weighted by Gasteiger charge is -2.07. The van der Waals surface area contributed by atoms with Gasteiger partial charge in [0.1, 0.15) is 0 Å². The summed E-state index contributed by atoms with van der Waals surface area (Å²) in [5.41, 5.74) is 1.98. The molecule has 0 unspecified atom stereocenters. The number of halogens is 1. The molecule has 0 heterocycles. The largest absolute Gasteiger partial charge is 0.465 e. The first kappa shape index (κ1) is 15.3. The van der Waals surface area contributed by atoms with Gasteiger partial charge in [0, 0.05) is 11.0 Å². The van der Waals surface area contributed by atoms with Crippen LogP contribution in [0.25, 0.3) is 0 Å². The zero-order valence-corrected chi connectivity index (χ0v) is 13.0.